The van der Waals surface area contributed by atoms with Crippen molar-refractivity contribution in [1.82, 2.24) is 0 Å². The normalized spacial score (nSPS) is 17.5. The van der Waals surface area contributed by atoms with Crippen molar-refractivity contribution in [3.8, 4) is 0 Å². The highest BCUT2D eigenvalue weighted by Crippen LogP contribution is 2.36. The van der Waals surface area contributed by atoms with Gasteiger partial charge in [-0.25, -0.2) is 0 Å². The first kappa shape index (κ1) is 14.7. The lowest BCUT2D eigenvalue weighted by Crippen LogP contribution is -2.22. The first-order chi connectivity index (χ1) is 8.97. The fourth-order valence-electron chi connectivity index (χ4n) is 2.07. The van der Waals surface area contributed by atoms with Gasteiger partial charge in [-0.05, 0) is 37.0 Å². The number of ether oxygens (including phenoxy) is 1. The predicted molar refractivity (Wildman–Crippen MR) is 71.2 cm³/mol. The Bertz CT molecular complexity index is 430. The van der Waals surface area contributed by atoms with Gasteiger partial charge in [0.2, 0.25) is 0 Å². The van der Waals surface area contributed by atoms with Crippen molar-refractivity contribution in [2.24, 2.45) is 5.92 Å². The van der Waals surface area contributed by atoms with Crippen LogP contribution in [-0.4, -0.2) is 19.8 Å². The molecule has 19 heavy (non-hydrogen) atoms. The SMILES string of the molecule is FC(F)(F)c1cc(NCC2CCOCC2)ccc1Br. The molecule has 0 spiro atoms. The zero-order valence-corrected chi connectivity index (χ0v) is 11.9. The Labute approximate surface area is 118 Å². The second-order valence-electron chi connectivity index (χ2n) is 4.63. The number of rotatable bonds is 3. The lowest BCUT2D eigenvalue weighted by molar-refractivity contribution is -0.138. The molecule has 2 rings (SSSR count). The van der Waals surface area contributed by atoms with Crippen LogP contribution in [0.15, 0.2) is 22.7 Å². The molecule has 0 saturated carbocycles. The molecule has 0 atom stereocenters. The molecule has 0 aromatic heterocycles. The summed E-state index contributed by atoms with van der Waals surface area (Å²) in [5.41, 5.74) is -0.147. The van der Waals surface area contributed by atoms with Crippen LogP contribution in [-0.2, 0) is 10.9 Å². The molecular weight excluding hydrogens is 323 g/mol. The summed E-state index contributed by atoms with van der Waals surface area (Å²) in [6.07, 6.45) is -2.43. The monoisotopic (exact) mass is 337 g/mol. The molecule has 1 aliphatic rings. The van der Waals surface area contributed by atoms with E-state index in [-0.39, 0.29) is 4.47 Å². The largest absolute Gasteiger partial charge is 0.417 e. The van der Waals surface area contributed by atoms with Crippen LogP contribution in [0.1, 0.15) is 18.4 Å². The second kappa shape index (κ2) is 6.13. The Balaban J connectivity index is 2.00. The van der Waals surface area contributed by atoms with Crippen LogP contribution in [0, 0.1) is 5.92 Å². The maximum absolute atomic E-state index is 12.7. The van der Waals surface area contributed by atoms with E-state index in [0.29, 0.717) is 18.2 Å². The second-order valence-corrected chi connectivity index (χ2v) is 5.48. The Morgan fingerprint density at radius 2 is 1.95 bits per heavy atom. The lowest BCUT2D eigenvalue weighted by Gasteiger charge is -2.23. The van der Waals surface area contributed by atoms with Gasteiger partial charge in [-0.15, -0.1) is 0 Å². The molecule has 1 heterocycles. The van der Waals surface area contributed by atoms with E-state index in [4.69, 9.17) is 4.74 Å². The predicted octanol–water partition coefficient (Wildman–Crippen LogP) is 4.31. The van der Waals surface area contributed by atoms with Gasteiger partial charge < -0.3 is 10.1 Å². The summed E-state index contributed by atoms with van der Waals surface area (Å²) in [5, 5.41) is 3.08. The van der Waals surface area contributed by atoms with E-state index in [0.717, 1.165) is 32.1 Å². The molecule has 1 aliphatic heterocycles. The van der Waals surface area contributed by atoms with Crippen molar-refractivity contribution in [3.05, 3.63) is 28.2 Å². The average molecular weight is 338 g/mol. The highest BCUT2D eigenvalue weighted by molar-refractivity contribution is 9.10. The van der Waals surface area contributed by atoms with E-state index >= 15 is 0 Å². The maximum Gasteiger partial charge on any atom is 0.417 e. The standard InChI is InChI=1S/C13H15BrF3NO/c14-12-2-1-10(7-11(12)13(15,16)17)18-8-9-3-5-19-6-4-9/h1-2,7,9,18H,3-6,8H2. The summed E-state index contributed by atoms with van der Waals surface area (Å²) in [5.74, 6) is 0.465. The highest BCUT2D eigenvalue weighted by atomic mass is 79.9. The maximum atomic E-state index is 12.7. The third-order valence-corrected chi connectivity index (χ3v) is 3.90. The number of benzene rings is 1. The zero-order chi connectivity index (χ0) is 13.9. The molecule has 1 aromatic carbocycles. The van der Waals surface area contributed by atoms with E-state index in [1.165, 1.54) is 6.07 Å². The smallest absolute Gasteiger partial charge is 0.385 e. The Hall–Kier alpha value is -0.750. The number of hydrogen-bond donors (Lipinski definition) is 1. The summed E-state index contributed by atoms with van der Waals surface area (Å²) in [7, 11) is 0. The summed E-state index contributed by atoms with van der Waals surface area (Å²) >= 11 is 2.93. The van der Waals surface area contributed by atoms with E-state index in [1.807, 2.05) is 0 Å². The van der Waals surface area contributed by atoms with Crippen LogP contribution in [0.4, 0.5) is 18.9 Å². The van der Waals surface area contributed by atoms with E-state index < -0.39 is 11.7 Å². The van der Waals surface area contributed by atoms with Crippen molar-refractivity contribution < 1.29 is 17.9 Å². The van der Waals surface area contributed by atoms with Gasteiger partial charge in [0.15, 0.2) is 0 Å². The van der Waals surface area contributed by atoms with Crippen molar-refractivity contribution >= 4 is 21.6 Å². The van der Waals surface area contributed by atoms with Gasteiger partial charge in [-0.2, -0.15) is 13.2 Å². The molecule has 1 N–H and O–H groups in total. The van der Waals surface area contributed by atoms with Crippen LogP contribution in [0.5, 0.6) is 0 Å². The van der Waals surface area contributed by atoms with Crippen LogP contribution in [0.25, 0.3) is 0 Å². The molecule has 1 fully saturated rings. The number of anilines is 1. The van der Waals surface area contributed by atoms with Crippen molar-refractivity contribution in [3.63, 3.8) is 0 Å². The van der Waals surface area contributed by atoms with Crippen molar-refractivity contribution in [2.45, 2.75) is 19.0 Å². The van der Waals surface area contributed by atoms with Gasteiger partial charge in [0.25, 0.3) is 0 Å². The summed E-state index contributed by atoms with van der Waals surface area (Å²) < 4.78 is 43.6. The summed E-state index contributed by atoms with van der Waals surface area (Å²) in [4.78, 5) is 0. The molecule has 0 bridgehead atoms. The first-order valence-electron chi connectivity index (χ1n) is 6.15. The first-order valence-corrected chi connectivity index (χ1v) is 6.94. The van der Waals surface area contributed by atoms with Gasteiger partial charge in [-0.3, -0.25) is 0 Å². The third-order valence-electron chi connectivity index (χ3n) is 3.21. The number of halogens is 4. The number of nitrogens with one attached hydrogen (secondary N) is 1. The van der Waals surface area contributed by atoms with Gasteiger partial charge in [0.1, 0.15) is 0 Å². The van der Waals surface area contributed by atoms with Crippen LogP contribution >= 0.6 is 15.9 Å². The highest BCUT2D eigenvalue weighted by Gasteiger charge is 2.33. The van der Waals surface area contributed by atoms with E-state index in [9.17, 15) is 13.2 Å². The zero-order valence-electron chi connectivity index (χ0n) is 10.3. The van der Waals surface area contributed by atoms with Gasteiger partial charge in [-0.1, -0.05) is 15.9 Å². The Kier molecular flexibility index (Phi) is 4.73. The topological polar surface area (TPSA) is 21.3 Å². The molecule has 1 saturated heterocycles. The Morgan fingerprint density at radius 1 is 1.26 bits per heavy atom. The van der Waals surface area contributed by atoms with E-state index in [2.05, 4.69) is 21.2 Å². The molecule has 6 heteroatoms. The number of alkyl halides is 3. The molecule has 1 aromatic rings. The lowest BCUT2D eigenvalue weighted by atomic mass is 10.0. The minimum absolute atomic E-state index is 0.0663. The summed E-state index contributed by atoms with van der Waals surface area (Å²) in [6, 6.07) is 4.22. The third kappa shape index (κ3) is 4.11. The van der Waals surface area contributed by atoms with Crippen molar-refractivity contribution in [1.29, 1.82) is 0 Å². The van der Waals surface area contributed by atoms with Crippen LogP contribution < -0.4 is 5.32 Å². The average Bonchev–Trinajstić information content (AvgIpc) is 2.37. The Morgan fingerprint density at radius 3 is 2.58 bits per heavy atom. The minimum Gasteiger partial charge on any atom is -0.385 e. The molecule has 106 valence electrons. The molecule has 0 amide bonds. The van der Waals surface area contributed by atoms with Crippen LogP contribution in [0.2, 0.25) is 0 Å². The molecule has 0 radical (unpaired) electrons. The van der Waals surface area contributed by atoms with Gasteiger partial charge in [0.05, 0.1) is 5.56 Å². The molecule has 2 nitrogen and oxygen atoms in total. The fraction of sp³-hybridized carbons (Fsp3) is 0.538. The molecule has 0 aliphatic carbocycles. The van der Waals surface area contributed by atoms with Crippen molar-refractivity contribution in [2.75, 3.05) is 25.1 Å². The number of hydrogen-bond acceptors (Lipinski definition) is 2. The molecule has 0 unspecified atom stereocenters. The minimum atomic E-state index is -4.34. The van der Waals surface area contributed by atoms with Gasteiger partial charge >= 0.3 is 6.18 Å². The van der Waals surface area contributed by atoms with Gasteiger partial charge in [0, 0.05) is 29.9 Å². The van der Waals surface area contributed by atoms with Crippen LogP contribution in [0.3, 0.4) is 0 Å². The fourth-order valence-corrected chi connectivity index (χ4v) is 2.54. The summed E-state index contributed by atoms with van der Waals surface area (Å²) in [6.45, 7) is 2.16. The quantitative estimate of drug-likeness (QED) is 0.887. The molecular formula is C13H15BrF3NO. The van der Waals surface area contributed by atoms with E-state index in [1.54, 1.807) is 6.07 Å².